The molecule has 3 heteroatoms. The molecule has 0 aliphatic carbocycles. The highest BCUT2D eigenvalue weighted by molar-refractivity contribution is 8.00. The maximum atomic E-state index is 5.46. The summed E-state index contributed by atoms with van der Waals surface area (Å²) in [6.45, 7) is 4.15. The molecule has 2 aliphatic rings. The van der Waals surface area contributed by atoms with Gasteiger partial charge in [-0.25, -0.2) is 0 Å². The normalized spacial score (nSPS) is 28.3. The monoisotopic (exact) mass is 227 g/mol. The van der Waals surface area contributed by atoms with E-state index < -0.39 is 0 Å². The van der Waals surface area contributed by atoms with Crippen molar-refractivity contribution in [3.63, 3.8) is 0 Å². The van der Waals surface area contributed by atoms with E-state index in [2.05, 4.69) is 24.0 Å². The van der Waals surface area contributed by atoms with Gasteiger partial charge in [0.2, 0.25) is 0 Å². The van der Waals surface area contributed by atoms with Gasteiger partial charge in [0.25, 0.3) is 0 Å². The first kappa shape index (κ1) is 11.3. The summed E-state index contributed by atoms with van der Waals surface area (Å²) < 4.78 is 5.46. The van der Waals surface area contributed by atoms with Crippen molar-refractivity contribution in [1.29, 1.82) is 0 Å². The van der Waals surface area contributed by atoms with Crippen molar-refractivity contribution in [2.75, 3.05) is 18.9 Å². The summed E-state index contributed by atoms with van der Waals surface area (Å²) in [6.07, 6.45) is 7.15. The van der Waals surface area contributed by atoms with Crippen molar-refractivity contribution in [3.8, 4) is 0 Å². The molecule has 0 spiro atoms. The van der Waals surface area contributed by atoms with Crippen molar-refractivity contribution in [2.45, 2.75) is 43.9 Å². The summed E-state index contributed by atoms with van der Waals surface area (Å²) in [6, 6.07) is 0.558. The Kier molecular flexibility index (Phi) is 4.39. The van der Waals surface area contributed by atoms with Gasteiger partial charge in [0.15, 0.2) is 0 Å². The van der Waals surface area contributed by atoms with Crippen molar-refractivity contribution in [1.82, 2.24) is 5.32 Å². The summed E-state index contributed by atoms with van der Waals surface area (Å²) >= 11 is 2.13. The molecule has 0 aromatic carbocycles. The number of thioether (sulfide) groups is 1. The minimum absolute atomic E-state index is 0.558. The Morgan fingerprint density at radius 2 is 2.53 bits per heavy atom. The van der Waals surface area contributed by atoms with Crippen LogP contribution in [0.25, 0.3) is 0 Å². The van der Waals surface area contributed by atoms with Crippen LogP contribution in [-0.4, -0.2) is 30.2 Å². The molecule has 2 aliphatic heterocycles. The van der Waals surface area contributed by atoms with E-state index in [-0.39, 0.29) is 0 Å². The Labute approximate surface area is 96.8 Å². The van der Waals surface area contributed by atoms with Crippen LogP contribution in [-0.2, 0) is 4.74 Å². The zero-order valence-electron chi connectivity index (χ0n) is 9.50. The molecule has 0 bridgehead atoms. The van der Waals surface area contributed by atoms with Gasteiger partial charge in [-0.3, -0.25) is 0 Å². The molecular formula is C12H21NOS. The summed E-state index contributed by atoms with van der Waals surface area (Å²) in [4.78, 5) is 0. The topological polar surface area (TPSA) is 21.3 Å². The minimum Gasteiger partial charge on any atom is -0.501 e. The Morgan fingerprint density at radius 3 is 3.13 bits per heavy atom. The van der Waals surface area contributed by atoms with Crippen molar-refractivity contribution < 1.29 is 4.74 Å². The van der Waals surface area contributed by atoms with Crippen LogP contribution in [0.4, 0.5) is 0 Å². The van der Waals surface area contributed by atoms with Crippen LogP contribution in [0.3, 0.4) is 0 Å². The highest BCUT2D eigenvalue weighted by Crippen LogP contribution is 2.33. The van der Waals surface area contributed by atoms with Gasteiger partial charge in [-0.05, 0) is 43.6 Å². The molecule has 0 aromatic rings. The van der Waals surface area contributed by atoms with Crippen LogP contribution >= 0.6 is 11.8 Å². The zero-order valence-corrected chi connectivity index (χ0v) is 10.3. The van der Waals surface area contributed by atoms with Gasteiger partial charge in [-0.1, -0.05) is 6.92 Å². The fourth-order valence-electron chi connectivity index (χ4n) is 2.40. The molecule has 1 fully saturated rings. The van der Waals surface area contributed by atoms with E-state index in [1.165, 1.54) is 37.0 Å². The molecule has 0 aromatic heterocycles. The lowest BCUT2D eigenvalue weighted by Gasteiger charge is -2.28. The second kappa shape index (κ2) is 5.80. The average molecular weight is 227 g/mol. The van der Waals surface area contributed by atoms with Crippen LogP contribution < -0.4 is 5.32 Å². The van der Waals surface area contributed by atoms with E-state index in [9.17, 15) is 0 Å². The molecule has 0 amide bonds. The maximum Gasteiger partial charge on any atom is 0.0876 e. The van der Waals surface area contributed by atoms with E-state index in [4.69, 9.17) is 4.74 Å². The third-order valence-electron chi connectivity index (χ3n) is 3.12. The summed E-state index contributed by atoms with van der Waals surface area (Å²) in [5.41, 5.74) is 1.49. The minimum atomic E-state index is 0.558. The first-order valence-corrected chi connectivity index (χ1v) is 7.12. The fourth-order valence-corrected chi connectivity index (χ4v) is 3.83. The largest absolute Gasteiger partial charge is 0.501 e. The number of ether oxygens (including phenoxy) is 1. The van der Waals surface area contributed by atoms with E-state index >= 15 is 0 Å². The maximum absolute atomic E-state index is 5.46. The Bertz CT molecular complexity index is 224. The van der Waals surface area contributed by atoms with Crippen molar-refractivity contribution in [2.24, 2.45) is 0 Å². The SMILES string of the molecule is CCNC(C1=COCCC1)C1CCCS1. The quantitative estimate of drug-likeness (QED) is 0.797. The molecule has 0 saturated carbocycles. The van der Waals surface area contributed by atoms with Crippen LogP contribution in [0, 0.1) is 0 Å². The third-order valence-corrected chi connectivity index (χ3v) is 4.58. The summed E-state index contributed by atoms with van der Waals surface area (Å²) in [5.74, 6) is 1.33. The van der Waals surface area contributed by atoms with Gasteiger partial charge in [0, 0.05) is 11.3 Å². The highest BCUT2D eigenvalue weighted by Gasteiger charge is 2.28. The Morgan fingerprint density at radius 1 is 1.60 bits per heavy atom. The van der Waals surface area contributed by atoms with Gasteiger partial charge < -0.3 is 10.1 Å². The smallest absolute Gasteiger partial charge is 0.0876 e. The Hall–Kier alpha value is -0.150. The molecule has 1 saturated heterocycles. The molecule has 2 atom stereocenters. The molecule has 0 radical (unpaired) electrons. The standard InChI is InChI=1S/C12H21NOS/c1-2-13-12(11-6-4-8-15-11)10-5-3-7-14-9-10/h9,11-13H,2-8H2,1H3. The lowest BCUT2D eigenvalue weighted by molar-refractivity contribution is 0.219. The molecule has 1 N–H and O–H groups in total. The number of hydrogen-bond acceptors (Lipinski definition) is 3. The first-order chi connectivity index (χ1) is 7.42. The zero-order chi connectivity index (χ0) is 10.5. The van der Waals surface area contributed by atoms with Gasteiger partial charge in [0.1, 0.15) is 0 Å². The van der Waals surface area contributed by atoms with Gasteiger partial charge in [0.05, 0.1) is 12.9 Å². The number of hydrogen-bond donors (Lipinski definition) is 1. The molecule has 2 unspecified atom stereocenters. The van der Waals surface area contributed by atoms with E-state index in [0.717, 1.165) is 18.4 Å². The molecule has 86 valence electrons. The fraction of sp³-hybridized carbons (Fsp3) is 0.833. The van der Waals surface area contributed by atoms with E-state index in [1.807, 2.05) is 6.26 Å². The predicted molar refractivity (Wildman–Crippen MR) is 66.2 cm³/mol. The van der Waals surface area contributed by atoms with E-state index in [0.29, 0.717) is 6.04 Å². The molecule has 2 heterocycles. The molecule has 15 heavy (non-hydrogen) atoms. The number of rotatable bonds is 4. The lowest BCUT2D eigenvalue weighted by Crippen LogP contribution is -2.39. The Balaban J connectivity index is 2.00. The van der Waals surface area contributed by atoms with Gasteiger partial charge in [-0.15, -0.1) is 0 Å². The lowest BCUT2D eigenvalue weighted by atomic mass is 9.97. The number of likely N-dealkylation sites (N-methyl/N-ethyl adjacent to an activating group) is 1. The molecular weight excluding hydrogens is 206 g/mol. The summed E-state index contributed by atoms with van der Waals surface area (Å²) in [5, 5.41) is 4.40. The van der Waals surface area contributed by atoms with Crippen LogP contribution in [0.1, 0.15) is 32.6 Å². The second-order valence-corrected chi connectivity index (χ2v) is 5.60. The van der Waals surface area contributed by atoms with Crippen molar-refractivity contribution >= 4 is 11.8 Å². The van der Waals surface area contributed by atoms with Crippen LogP contribution in [0.5, 0.6) is 0 Å². The molecule has 2 rings (SSSR count). The predicted octanol–water partition coefficient (Wildman–Crippen LogP) is 2.55. The average Bonchev–Trinajstić information content (AvgIpc) is 2.80. The van der Waals surface area contributed by atoms with Gasteiger partial charge in [-0.2, -0.15) is 11.8 Å². The van der Waals surface area contributed by atoms with Crippen LogP contribution in [0.2, 0.25) is 0 Å². The third kappa shape index (κ3) is 2.91. The second-order valence-electron chi connectivity index (χ2n) is 4.25. The summed E-state index contributed by atoms with van der Waals surface area (Å²) in [7, 11) is 0. The highest BCUT2D eigenvalue weighted by atomic mass is 32.2. The van der Waals surface area contributed by atoms with Crippen molar-refractivity contribution in [3.05, 3.63) is 11.8 Å². The molecule has 2 nitrogen and oxygen atoms in total. The first-order valence-electron chi connectivity index (χ1n) is 6.07. The number of nitrogens with one attached hydrogen (secondary N) is 1. The van der Waals surface area contributed by atoms with Gasteiger partial charge >= 0.3 is 0 Å². The van der Waals surface area contributed by atoms with E-state index in [1.54, 1.807) is 0 Å². The van der Waals surface area contributed by atoms with Crippen LogP contribution in [0.15, 0.2) is 11.8 Å².